The lowest BCUT2D eigenvalue weighted by molar-refractivity contribution is -0.116. The molecule has 0 aliphatic rings. The Morgan fingerprint density at radius 2 is 1.83 bits per heavy atom. The molecule has 23 heavy (non-hydrogen) atoms. The number of methoxy groups -OCH3 is 1. The van der Waals surface area contributed by atoms with Gasteiger partial charge in [-0.15, -0.1) is 0 Å². The Morgan fingerprint density at radius 1 is 1.13 bits per heavy atom. The molecule has 120 valence electrons. The number of amides is 1. The summed E-state index contributed by atoms with van der Waals surface area (Å²) in [5.74, 6) is 0.544. The lowest BCUT2D eigenvalue weighted by Gasteiger charge is -2.08. The quantitative estimate of drug-likeness (QED) is 0.862. The number of carbonyl (C=O) groups is 1. The van der Waals surface area contributed by atoms with Gasteiger partial charge >= 0.3 is 0 Å². The summed E-state index contributed by atoms with van der Waals surface area (Å²) in [4.78, 5) is 20.9. The molecular formula is C18H21N3O2. The lowest BCUT2D eigenvalue weighted by Crippen LogP contribution is -2.22. The Balaban J connectivity index is 2.00. The van der Waals surface area contributed by atoms with Crippen molar-refractivity contribution in [3.8, 4) is 5.75 Å². The number of ether oxygens (including phenoxy) is 1. The standard InChI is InChI=1S/C18H21N3O2/c1-12-13(2)21-16(14(3)20-12)11-19-18(22)10-9-15-7-5-6-8-17(15)23-4/h5-10H,11H2,1-4H3,(H,19,22)/b10-9+. The molecule has 1 aromatic heterocycles. The van der Waals surface area contributed by atoms with Crippen LogP contribution in [-0.4, -0.2) is 23.0 Å². The van der Waals surface area contributed by atoms with Crippen molar-refractivity contribution in [2.24, 2.45) is 0 Å². The molecule has 2 rings (SSSR count). The van der Waals surface area contributed by atoms with Gasteiger partial charge in [-0.3, -0.25) is 14.8 Å². The van der Waals surface area contributed by atoms with Crippen molar-refractivity contribution in [1.29, 1.82) is 0 Å². The van der Waals surface area contributed by atoms with Gasteiger partial charge in [-0.2, -0.15) is 0 Å². The van der Waals surface area contributed by atoms with Crippen LogP contribution >= 0.6 is 0 Å². The van der Waals surface area contributed by atoms with Crippen molar-refractivity contribution >= 4 is 12.0 Å². The maximum absolute atomic E-state index is 12.0. The first kappa shape index (κ1) is 16.7. The van der Waals surface area contributed by atoms with E-state index in [1.165, 1.54) is 6.08 Å². The third-order valence-electron chi connectivity index (χ3n) is 3.56. The normalized spacial score (nSPS) is 10.8. The highest BCUT2D eigenvalue weighted by Gasteiger charge is 2.06. The number of nitrogens with zero attached hydrogens (tertiary/aromatic N) is 2. The first-order chi connectivity index (χ1) is 11.0. The number of nitrogens with one attached hydrogen (secondary N) is 1. The highest BCUT2D eigenvalue weighted by atomic mass is 16.5. The SMILES string of the molecule is COc1ccccc1/C=C/C(=O)NCc1nc(C)c(C)nc1C. The fourth-order valence-electron chi connectivity index (χ4n) is 2.13. The summed E-state index contributed by atoms with van der Waals surface area (Å²) in [6.07, 6.45) is 3.22. The Hall–Kier alpha value is -2.69. The van der Waals surface area contributed by atoms with E-state index in [-0.39, 0.29) is 5.91 Å². The molecule has 0 radical (unpaired) electrons. The van der Waals surface area contributed by atoms with Crippen LogP contribution < -0.4 is 10.1 Å². The molecule has 0 bridgehead atoms. The summed E-state index contributed by atoms with van der Waals surface area (Å²) >= 11 is 0. The van der Waals surface area contributed by atoms with Crippen LogP contribution in [-0.2, 0) is 11.3 Å². The minimum Gasteiger partial charge on any atom is -0.496 e. The second kappa shape index (κ2) is 7.54. The third-order valence-corrected chi connectivity index (χ3v) is 3.56. The van der Waals surface area contributed by atoms with E-state index in [1.807, 2.05) is 45.0 Å². The molecule has 0 unspecified atom stereocenters. The van der Waals surface area contributed by atoms with Crippen molar-refractivity contribution < 1.29 is 9.53 Å². The summed E-state index contributed by atoms with van der Waals surface area (Å²) < 4.78 is 5.25. The summed E-state index contributed by atoms with van der Waals surface area (Å²) in [6, 6.07) is 7.53. The lowest BCUT2D eigenvalue weighted by atomic mass is 10.2. The van der Waals surface area contributed by atoms with Gasteiger partial charge in [-0.1, -0.05) is 18.2 Å². The van der Waals surface area contributed by atoms with E-state index in [1.54, 1.807) is 13.2 Å². The van der Waals surface area contributed by atoms with Crippen molar-refractivity contribution in [1.82, 2.24) is 15.3 Å². The molecule has 2 aromatic rings. The third kappa shape index (κ3) is 4.39. The molecule has 0 aliphatic carbocycles. The first-order valence-electron chi connectivity index (χ1n) is 7.41. The number of benzene rings is 1. The van der Waals surface area contributed by atoms with Crippen LogP contribution in [0.5, 0.6) is 5.75 Å². The molecule has 1 heterocycles. The predicted octanol–water partition coefficient (Wildman–Crippen LogP) is 2.74. The van der Waals surface area contributed by atoms with E-state index in [9.17, 15) is 4.79 Å². The molecular weight excluding hydrogens is 290 g/mol. The minimum absolute atomic E-state index is 0.185. The Bertz CT molecular complexity index is 739. The molecule has 0 fully saturated rings. The fourth-order valence-corrected chi connectivity index (χ4v) is 2.13. The van der Waals surface area contributed by atoms with Gasteiger partial charge in [0.15, 0.2) is 0 Å². The topological polar surface area (TPSA) is 64.1 Å². The zero-order valence-electron chi connectivity index (χ0n) is 13.9. The van der Waals surface area contributed by atoms with Crippen LogP contribution in [0, 0.1) is 20.8 Å². The maximum atomic E-state index is 12.0. The number of aromatic nitrogens is 2. The van der Waals surface area contributed by atoms with E-state index in [0.29, 0.717) is 6.54 Å². The summed E-state index contributed by atoms with van der Waals surface area (Å²) in [5.41, 5.74) is 4.26. The van der Waals surface area contributed by atoms with E-state index in [0.717, 1.165) is 34.1 Å². The maximum Gasteiger partial charge on any atom is 0.244 e. The number of rotatable bonds is 5. The average Bonchev–Trinajstić information content (AvgIpc) is 2.55. The number of carbonyl (C=O) groups excluding carboxylic acids is 1. The number of para-hydroxylation sites is 1. The van der Waals surface area contributed by atoms with Gasteiger partial charge in [0.1, 0.15) is 5.75 Å². The van der Waals surface area contributed by atoms with Gasteiger partial charge in [0, 0.05) is 11.6 Å². The van der Waals surface area contributed by atoms with Gasteiger partial charge in [0.25, 0.3) is 0 Å². The highest BCUT2D eigenvalue weighted by molar-refractivity contribution is 5.92. The zero-order valence-corrected chi connectivity index (χ0v) is 13.9. The zero-order chi connectivity index (χ0) is 16.8. The number of aryl methyl sites for hydroxylation is 3. The molecule has 1 aromatic carbocycles. The second-order valence-electron chi connectivity index (χ2n) is 5.22. The van der Waals surface area contributed by atoms with E-state index < -0.39 is 0 Å². The molecule has 1 N–H and O–H groups in total. The minimum atomic E-state index is -0.185. The first-order valence-corrected chi connectivity index (χ1v) is 7.41. The number of hydrogen-bond donors (Lipinski definition) is 1. The smallest absolute Gasteiger partial charge is 0.244 e. The van der Waals surface area contributed by atoms with E-state index >= 15 is 0 Å². The van der Waals surface area contributed by atoms with E-state index in [2.05, 4.69) is 15.3 Å². The molecule has 0 atom stereocenters. The van der Waals surface area contributed by atoms with Gasteiger partial charge in [-0.25, -0.2) is 0 Å². The van der Waals surface area contributed by atoms with Crippen LogP contribution in [0.25, 0.3) is 6.08 Å². The van der Waals surface area contributed by atoms with Crippen molar-refractivity contribution in [2.45, 2.75) is 27.3 Å². The van der Waals surface area contributed by atoms with Crippen LogP contribution in [0.1, 0.15) is 28.3 Å². The summed E-state index contributed by atoms with van der Waals surface area (Å²) in [5, 5.41) is 2.83. The molecule has 5 heteroatoms. The van der Waals surface area contributed by atoms with Crippen molar-refractivity contribution in [3.63, 3.8) is 0 Å². The molecule has 5 nitrogen and oxygen atoms in total. The molecule has 0 saturated carbocycles. The predicted molar refractivity (Wildman–Crippen MR) is 90.1 cm³/mol. The second-order valence-corrected chi connectivity index (χ2v) is 5.22. The Morgan fingerprint density at radius 3 is 2.57 bits per heavy atom. The average molecular weight is 311 g/mol. The molecule has 1 amide bonds. The van der Waals surface area contributed by atoms with Gasteiger partial charge < -0.3 is 10.1 Å². The van der Waals surface area contributed by atoms with Crippen LogP contribution in [0.4, 0.5) is 0 Å². The Kier molecular flexibility index (Phi) is 5.46. The van der Waals surface area contributed by atoms with Gasteiger partial charge in [0.2, 0.25) is 5.91 Å². The molecule has 0 saturated heterocycles. The van der Waals surface area contributed by atoms with Crippen LogP contribution in [0.15, 0.2) is 30.3 Å². The monoisotopic (exact) mass is 311 g/mol. The Labute approximate surface area is 136 Å². The molecule has 0 spiro atoms. The summed E-state index contributed by atoms with van der Waals surface area (Å²) in [7, 11) is 1.61. The fraction of sp³-hybridized carbons (Fsp3) is 0.278. The van der Waals surface area contributed by atoms with Crippen LogP contribution in [0.3, 0.4) is 0 Å². The molecule has 0 aliphatic heterocycles. The highest BCUT2D eigenvalue weighted by Crippen LogP contribution is 2.18. The van der Waals surface area contributed by atoms with E-state index in [4.69, 9.17) is 4.74 Å². The summed E-state index contributed by atoms with van der Waals surface area (Å²) in [6.45, 7) is 6.09. The van der Waals surface area contributed by atoms with Gasteiger partial charge in [-0.05, 0) is 32.9 Å². The largest absolute Gasteiger partial charge is 0.496 e. The van der Waals surface area contributed by atoms with Crippen molar-refractivity contribution in [2.75, 3.05) is 7.11 Å². The van der Waals surface area contributed by atoms with Gasteiger partial charge in [0.05, 0.1) is 36.4 Å². The van der Waals surface area contributed by atoms with Crippen molar-refractivity contribution in [3.05, 3.63) is 58.7 Å². The number of hydrogen-bond acceptors (Lipinski definition) is 4. The van der Waals surface area contributed by atoms with Crippen LogP contribution in [0.2, 0.25) is 0 Å².